The number of ether oxygens (including phenoxy) is 1. The molecule has 1 aliphatic rings. The number of hydrogen-bond acceptors (Lipinski definition) is 4. The highest BCUT2D eigenvalue weighted by Crippen LogP contribution is 2.29. The van der Waals surface area contributed by atoms with Gasteiger partial charge in [0, 0.05) is 30.2 Å². The van der Waals surface area contributed by atoms with E-state index in [0.29, 0.717) is 23.1 Å². The van der Waals surface area contributed by atoms with E-state index >= 15 is 0 Å². The van der Waals surface area contributed by atoms with Crippen molar-refractivity contribution < 1.29 is 13.2 Å². The normalized spacial score (nSPS) is 13.7. The highest BCUT2D eigenvalue weighted by atomic mass is 35.5. The fourth-order valence-corrected chi connectivity index (χ4v) is 5.51. The van der Waals surface area contributed by atoms with E-state index in [1.165, 1.54) is 16.4 Å². The van der Waals surface area contributed by atoms with Gasteiger partial charge in [-0.05, 0) is 55.3 Å². The van der Waals surface area contributed by atoms with E-state index in [0.717, 1.165) is 38.0 Å². The van der Waals surface area contributed by atoms with Crippen LogP contribution in [0.25, 0.3) is 0 Å². The first-order valence-corrected chi connectivity index (χ1v) is 13.3. The zero-order chi connectivity index (χ0) is 23.8. The molecule has 0 N–H and O–H groups in total. The van der Waals surface area contributed by atoms with Crippen LogP contribution >= 0.6 is 24.0 Å². The Kier molecular flexibility index (Phi) is 10.0. The van der Waals surface area contributed by atoms with Crippen LogP contribution in [0.3, 0.4) is 0 Å². The summed E-state index contributed by atoms with van der Waals surface area (Å²) in [6.07, 6.45) is 6.44. The van der Waals surface area contributed by atoms with Gasteiger partial charge in [0.15, 0.2) is 0 Å². The Hall–Kier alpha value is -2.51. The SMILES string of the molecule is Cl.O=S(=O)(c1ccc(Cl)cc1)N(Cc1ccccc1OCCCN1CC=CCC1)c1ccccc1. The van der Waals surface area contributed by atoms with Crippen molar-refractivity contribution in [2.75, 3.05) is 30.5 Å². The van der Waals surface area contributed by atoms with E-state index in [1.807, 2.05) is 42.5 Å². The van der Waals surface area contributed by atoms with Crippen molar-refractivity contribution in [2.24, 2.45) is 0 Å². The summed E-state index contributed by atoms with van der Waals surface area (Å²) < 4.78 is 34.8. The number of sulfonamides is 1. The molecule has 8 heteroatoms. The molecule has 35 heavy (non-hydrogen) atoms. The van der Waals surface area contributed by atoms with Crippen molar-refractivity contribution in [3.8, 4) is 5.75 Å². The molecule has 0 saturated heterocycles. The molecular weight excluding hydrogens is 503 g/mol. The lowest BCUT2D eigenvalue weighted by molar-refractivity contribution is 0.246. The minimum atomic E-state index is -3.82. The van der Waals surface area contributed by atoms with Gasteiger partial charge in [-0.3, -0.25) is 9.21 Å². The topological polar surface area (TPSA) is 49.9 Å². The number of halogens is 2. The van der Waals surface area contributed by atoms with Crippen LogP contribution in [0.4, 0.5) is 5.69 Å². The van der Waals surface area contributed by atoms with Gasteiger partial charge in [0.25, 0.3) is 10.0 Å². The highest BCUT2D eigenvalue weighted by Gasteiger charge is 2.26. The average molecular weight is 534 g/mol. The van der Waals surface area contributed by atoms with Crippen LogP contribution in [0.2, 0.25) is 5.02 Å². The predicted molar refractivity (Wildman–Crippen MR) is 145 cm³/mol. The number of rotatable bonds is 10. The summed E-state index contributed by atoms with van der Waals surface area (Å²) in [4.78, 5) is 2.60. The molecule has 3 aromatic carbocycles. The summed E-state index contributed by atoms with van der Waals surface area (Å²) in [7, 11) is -3.82. The Morgan fingerprint density at radius 3 is 2.34 bits per heavy atom. The molecule has 0 bridgehead atoms. The molecule has 0 atom stereocenters. The summed E-state index contributed by atoms with van der Waals surface area (Å²) in [5, 5.41) is 0.490. The number of anilines is 1. The minimum Gasteiger partial charge on any atom is -0.493 e. The Labute approximate surface area is 219 Å². The third-order valence-corrected chi connectivity index (χ3v) is 7.79. The standard InChI is InChI=1S/C27H29ClN2O3S.ClH/c28-24-14-16-26(17-15-24)34(31,32)30(25-11-3-1-4-12-25)22-23-10-5-6-13-27(23)33-21-9-20-29-18-7-2-8-19-29;/h1-7,10-17H,8-9,18-22H2;1H. The van der Waals surface area contributed by atoms with Crippen molar-refractivity contribution in [3.05, 3.63) is 102 Å². The fourth-order valence-electron chi connectivity index (χ4n) is 3.94. The van der Waals surface area contributed by atoms with E-state index in [4.69, 9.17) is 16.3 Å². The maximum atomic E-state index is 13.6. The lowest BCUT2D eigenvalue weighted by Crippen LogP contribution is -2.31. The second-order valence-corrected chi connectivity index (χ2v) is 10.5. The molecule has 1 heterocycles. The van der Waals surface area contributed by atoms with Crippen molar-refractivity contribution in [1.29, 1.82) is 0 Å². The molecule has 3 aromatic rings. The zero-order valence-electron chi connectivity index (χ0n) is 19.4. The van der Waals surface area contributed by atoms with E-state index in [-0.39, 0.29) is 23.8 Å². The fraction of sp³-hybridized carbons (Fsp3) is 0.259. The van der Waals surface area contributed by atoms with E-state index in [2.05, 4.69) is 17.1 Å². The molecule has 186 valence electrons. The average Bonchev–Trinajstić information content (AvgIpc) is 2.87. The van der Waals surface area contributed by atoms with Crippen LogP contribution in [0.15, 0.2) is 95.9 Å². The summed E-state index contributed by atoms with van der Waals surface area (Å²) in [5.41, 5.74) is 1.40. The van der Waals surface area contributed by atoms with Crippen LogP contribution in [-0.2, 0) is 16.6 Å². The number of benzene rings is 3. The van der Waals surface area contributed by atoms with Crippen molar-refractivity contribution >= 4 is 39.7 Å². The molecule has 4 rings (SSSR count). The van der Waals surface area contributed by atoms with Crippen LogP contribution < -0.4 is 9.04 Å². The van der Waals surface area contributed by atoms with Crippen molar-refractivity contribution in [3.63, 3.8) is 0 Å². The monoisotopic (exact) mass is 532 g/mol. The van der Waals surface area contributed by atoms with E-state index < -0.39 is 10.0 Å². The van der Waals surface area contributed by atoms with E-state index in [1.54, 1.807) is 24.3 Å². The van der Waals surface area contributed by atoms with Gasteiger partial charge >= 0.3 is 0 Å². The summed E-state index contributed by atoms with van der Waals surface area (Å²) >= 11 is 5.99. The van der Waals surface area contributed by atoms with Gasteiger partial charge in [-0.2, -0.15) is 0 Å². The van der Waals surface area contributed by atoms with Gasteiger partial charge in [-0.15, -0.1) is 12.4 Å². The predicted octanol–water partition coefficient (Wildman–Crippen LogP) is 6.19. The Balaban J connectivity index is 0.00000342. The quantitative estimate of drug-likeness (QED) is 0.231. The minimum absolute atomic E-state index is 0. The van der Waals surface area contributed by atoms with Gasteiger partial charge in [0.1, 0.15) is 5.75 Å². The van der Waals surface area contributed by atoms with E-state index in [9.17, 15) is 8.42 Å². The molecule has 0 radical (unpaired) electrons. The van der Waals surface area contributed by atoms with Crippen LogP contribution in [0.1, 0.15) is 18.4 Å². The number of hydrogen-bond donors (Lipinski definition) is 0. The Morgan fingerprint density at radius 1 is 0.914 bits per heavy atom. The van der Waals surface area contributed by atoms with Gasteiger partial charge in [-0.25, -0.2) is 8.42 Å². The van der Waals surface area contributed by atoms with Gasteiger partial charge in [0.05, 0.1) is 23.7 Å². The second-order valence-electron chi connectivity index (χ2n) is 8.17. The molecule has 0 aromatic heterocycles. The number of nitrogens with zero attached hydrogens (tertiary/aromatic N) is 2. The van der Waals surface area contributed by atoms with Gasteiger partial charge < -0.3 is 4.74 Å². The smallest absolute Gasteiger partial charge is 0.264 e. The first-order valence-electron chi connectivity index (χ1n) is 11.5. The molecule has 0 amide bonds. The summed E-state index contributed by atoms with van der Waals surface area (Å²) in [5.74, 6) is 0.702. The second kappa shape index (κ2) is 13.0. The Bertz CT molecular complexity index is 1200. The van der Waals surface area contributed by atoms with Crippen LogP contribution in [0, 0.1) is 0 Å². The molecule has 1 aliphatic heterocycles. The number of para-hydroxylation sites is 2. The molecular formula is C27H30Cl2N2O3S. The largest absolute Gasteiger partial charge is 0.493 e. The van der Waals surface area contributed by atoms with Crippen molar-refractivity contribution in [2.45, 2.75) is 24.3 Å². The maximum absolute atomic E-state index is 13.6. The molecule has 0 saturated carbocycles. The molecule has 5 nitrogen and oxygen atoms in total. The van der Waals surface area contributed by atoms with Gasteiger partial charge in [0.2, 0.25) is 0 Å². The zero-order valence-corrected chi connectivity index (χ0v) is 21.8. The molecule has 0 aliphatic carbocycles. The molecule has 0 unspecified atom stereocenters. The first kappa shape index (κ1) is 27.1. The third kappa shape index (κ3) is 7.24. The van der Waals surface area contributed by atoms with Crippen molar-refractivity contribution in [1.82, 2.24) is 4.90 Å². The molecule has 0 spiro atoms. The third-order valence-electron chi connectivity index (χ3n) is 5.75. The summed E-state index contributed by atoms with van der Waals surface area (Å²) in [6, 6.07) is 23.0. The lowest BCUT2D eigenvalue weighted by atomic mass is 10.2. The first-order chi connectivity index (χ1) is 16.5. The Morgan fingerprint density at radius 2 is 1.63 bits per heavy atom. The molecule has 0 fully saturated rings. The van der Waals surface area contributed by atoms with Crippen LogP contribution in [-0.4, -0.2) is 39.6 Å². The maximum Gasteiger partial charge on any atom is 0.264 e. The highest BCUT2D eigenvalue weighted by molar-refractivity contribution is 7.92. The van der Waals surface area contributed by atoms with Crippen LogP contribution in [0.5, 0.6) is 5.75 Å². The van der Waals surface area contributed by atoms with Gasteiger partial charge in [-0.1, -0.05) is 60.2 Å². The lowest BCUT2D eigenvalue weighted by Gasteiger charge is -2.26. The summed E-state index contributed by atoms with van der Waals surface area (Å²) in [6.45, 7) is 3.79.